The minimum absolute atomic E-state index is 0.000831. The van der Waals surface area contributed by atoms with Crippen molar-refractivity contribution in [1.29, 1.82) is 0 Å². The summed E-state index contributed by atoms with van der Waals surface area (Å²) in [7, 11) is 0. The monoisotopic (exact) mass is 342 g/mol. The summed E-state index contributed by atoms with van der Waals surface area (Å²) in [6.07, 6.45) is 0.318. The molecule has 23 heavy (non-hydrogen) atoms. The summed E-state index contributed by atoms with van der Waals surface area (Å²) in [4.78, 5) is 18.0. The summed E-state index contributed by atoms with van der Waals surface area (Å²) in [5.74, 6) is 0.00350. The quantitative estimate of drug-likeness (QED) is 0.736. The fourth-order valence-corrected chi connectivity index (χ4v) is 4.14. The molecule has 0 saturated carbocycles. The van der Waals surface area contributed by atoms with Gasteiger partial charge >= 0.3 is 0 Å². The topological polar surface area (TPSA) is 42.0 Å². The molecule has 0 bridgehead atoms. The van der Waals surface area contributed by atoms with Gasteiger partial charge in [0.2, 0.25) is 5.91 Å². The number of aromatic nitrogens is 1. The lowest BCUT2D eigenvalue weighted by molar-refractivity contribution is -0.121. The standard InChI is InChI=1S/C18H18N2OS2/c1-12-6-3-4-7-15(12)13(2)19-17(21)10-14-11-23-18(20-14)16-8-5-9-22-16/h3-9,11,13H,10H2,1-2H3,(H,19,21)/t13-/m1/s1. The Hall–Kier alpha value is -1.98. The molecule has 2 heterocycles. The number of rotatable bonds is 5. The minimum atomic E-state index is -0.000831. The van der Waals surface area contributed by atoms with Gasteiger partial charge in [-0.05, 0) is 36.4 Å². The second kappa shape index (κ2) is 7.06. The molecule has 0 fully saturated rings. The van der Waals surface area contributed by atoms with Crippen molar-refractivity contribution in [3.8, 4) is 9.88 Å². The van der Waals surface area contributed by atoms with Crippen molar-refractivity contribution in [2.75, 3.05) is 0 Å². The Morgan fingerprint density at radius 2 is 2.04 bits per heavy atom. The first-order valence-corrected chi connectivity index (χ1v) is 9.22. The van der Waals surface area contributed by atoms with Crippen molar-refractivity contribution in [3.63, 3.8) is 0 Å². The van der Waals surface area contributed by atoms with E-state index in [-0.39, 0.29) is 11.9 Å². The summed E-state index contributed by atoms with van der Waals surface area (Å²) in [6, 6.07) is 12.2. The molecule has 1 atom stereocenters. The molecule has 2 aromatic heterocycles. The maximum Gasteiger partial charge on any atom is 0.226 e. The highest BCUT2D eigenvalue weighted by atomic mass is 32.1. The molecule has 3 nitrogen and oxygen atoms in total. The number of thiophene rings is 1. The van der Waals surface area contributed by atoms with Gasteiger partial charge in [0.05, 0.1) is 23.0 Å². The third-order valence-corrected chi connectivity index (χ3v) is 5.59. The first-order valence-electron chi connectivity index (χ1n) is 7.46. The third-order valence-electron chi connectivity index (χ3n) is 3.66. The van der Waals surface area contributed by atoms with Crippen LogP contribution < -0.4 is 5.32 Å². The lowest BCUT2D eigenvalue weighted by atomic mass is 10.0. The van der Waals surface area contributed by atoms with Crippen LogP contribution in [0.15, 0.2) is 47.2 Å². The molecule has 1 aromatic carbocycles. The number of benzene rings is 1. The molecule has 118 valence electrons. The second-order valence-electron chi connectivity index (χ2n) is 5.44. The van der Waals surface area contributed by atoms with E-state index in [9.17, 15) is 4.79 Å². The maximum atomic E-state index is 12.3. The van der Waals surface area contributed by atoms with E-state index in [1.54, 1.807) is 22.7 Å². The largest absolute Gasteiger partial charge is 0.349 e. The number of hydrogen-bond donors (Lipinski definition) is 1. The van der Waals surface area contributed by atoms with Crippen LogP contribution in [0.2, 0.25) is 0 Å². The maximum absolute atomic E-state index is 12.3. The highest BCUT2D eigenvalue weighted by molar-refractivity contribution is 7.20. The van der Waals surface area contributed by atoms with Gasteiger partial charge in [0.25, 0.3) is 0 Å². The van der Waals surface area contributed by atoms with Crippen LogP contribution in [0.4, 0.5) is 0 Å². The first kappa shape index (κ1) is 15.9. The van der Waals surface area contributed by atoms with Gasteiger partial charge in [-0.1, -0.05) is 30.3 Å². The number of amides is 1. The molecule has 1 amide bonds. The summed E-state index contributed by atoms with van der Waals surface area (Å²) >= 11 is 3.25. The Morgan fingerprint density at radius 1 is 1.22 bits per heavy atom. The van der Waals surface area contributed by atoms with Crippen LogP contribution in [-0.4, -0.2) is 10.9 Å². The number of carbonyl (C=O) groups excluding carboxylic acids is 1. The van der Waals surface area contributed by atoms with E-state index in [4.69, 9.17) is 0 Å². The summed E-state index contributed by atoms with van der Waals surface area (Å²) in [5, 5.41) is 8.04. The summed E-state index contributed by atoms with van der Waals surface area (Å²) in [6.45, 7) is 4.07. The highest BCUT2D eigenvalue weighted by Gasteiger charge is 2.14. The Balaban J connectivity index is 1.62. The number of hydrogen-bond acceptors (Lipinski definition) is 4. The fourth-order valence-electron chi connectivity index (χ4n) is 2.51. The molecule has 3 aromatic rings. The average Bonchev–Trinajstić information content (AvgIpc) is 3.18. The number of nitrogens with zero attached hydrogens (tertiary/aromatic N) is 1. The number of thiazole rings is 1. The SMILES string of the molecule is Cc1ccccc1[C@@H](C)NC(=O)Cc1csc(-c2cccs2)n1. The second-order valence-corrected chi connectivity index (χ2v) is 7.25. The Morgan fingerprint density at radius 3 is 2.78 bits per heavy atom. The van der Waals surface area contributed by atoms with E-state index in [0.29, 0.717) is 6.42 Å². The van der Waals surface area contributed by atoms with Gasteiger partial charge in [-0.15, -0.1) is 22.7 Å². The zero-order valence-electron chi connectivity index (χ0n) is 13.1. The van der Waals surface area contributed by atoms with E-state index in [1.165, 1.54) is 5.56 Å². The van der Waals surface area contributed by atoms with Crippen LogP contribution in [0.1, 0.15) is 29.8 Å². The Kier molecular flexibility index (Phi) is 4.88. The van der Waals surface area contributed by atoms with E-state index in [2.05, 4.69) is 29.4 Å². The molecule has 5 heteroatoms. The predicted octanol–water partition coefficient (Wildman–Crippen LogP) is 4.60. The first-order chi connectivity index (χ1) is 11.1. The molecule has 0 aliphatic carbocycles. The molecule has 3 rings (SSSR count). The number of nitrogens with one attached hydrogen (secondary N) is 1. The molecule has 0 aliphatic heterocycles. The lowest BCUT2D eigenvalue weighted by Crippen LogP contribution is -2.28. The number of carbonyl (C=O) groups is 1. The van der Waals surface area contributed by atoms with Crippen molar-refractivity contribution >= 4 is 28.6 Å². The molecular weight excluding hydrogens is 324 g/mol. The van der Waals surface area contributed by atoms with E-state index in [0.717, 1.165) is 21.1 Å². The van der Waals surface area contributed by atoms with Crippen LogP contribution >= 0.6 is 22.7 Å². The zero-order valence-corrected chi connectivity index (χ0v) is 14.7. The van der Waals surface area contributed by atoms with Crippen LogP contribution in [-0.2, 0) is 11.2 Å². The molecule has 0 spiro atoms. The zero-order chi connectivity index (χ0) is 16.2. The van der Waals surface area contributed by atoms with Gasteiger partial charge in [0.1, 0.15) is 5.01 Å². The smallest absolute Gasteiger partial charge is 0.226 e. The van der Waals surface area contributed by atoms with Crippen molar-refractivity contribution in [3.05, 3.63) is 64.0 Å². The Bertz CT molecular complexity index is 793. The van der Waals surface area contributed by atoms with E-state index < -0.39 is 0 Å². The van der Waals surface area contributed by atoms with Gasteiger partial charge in [-0.25, -0.2) is 4.98 Å². The van der Waals surface area contributed by atoms with Gasteiger partial charge in [0.15, 0.2) is 0 Å². The summed E-state index contributed by atoms with van der Waals surface area (Å²) in [5.41, 5.74) is 3.17. The molecule has 0 unspecified atom stereocenters. The highest BCUT2D eigenvalue weighted by Crippen LogP contribution is 2.28. The van der Waals surface area contributed by atoms with Crippen LogP contribution in [0, 0.1) is 6.92 Å². The van der Waals surface area contributed by atoms with Crippen molar-refractivity contribution < 1.29 is 4.79 Å². The normalized spacial score (nSPS) is 12.1. The predicted molar refractivity (Wildman–Crippen MR) is 96.9 cm³/mol. The molecule has 0 saturated heterocycles. The average molecular weight is 342 g/mol. The van der Waals surface area contributed by atoms with Crippen molar-refractivity contribution in [2.24, 2.45) is 0 Å². The van der Waals surface area contributed by atoms with Gasteiger partial charge < -0.3 is 5.32 Å². The van der Waals surface area contributed by atoms with Crippen molar-refractivity contribution in [1.82, 2.24) is 10.3 Å². The Labute approximate surface area is 144 Å². The molecular formula is C18H18N2OS2. The molecule has 0 aliphatic rings. The van der Waals surface area contributed by atoms with E-state index in [1.807, 2.05) is 41.9 Å². The van der Waals surface area contributed by atoms with Gasteiger partial charge in [-0.2, -0.15) is 0 Å². The molecule has 0 radical (unpaired) electrons. The van der Waals surface area contributed by atoms with Crippen molar-refractivity contribution in [2.45, 2.75) is 26.3 Å². The fraction of sp³-hybridized carbons (Fsp3) is 0.222. The van der Waals surface area contributed by atoms with E-state index >= 15 is 0 Å². The lowest BCUT2D eigenvalue weighted by Gasteiger charge is -2.16. The number of aryl methyl sites for hydroxylation is 1. The van der Waals surface area contributed by atoms with Crippen LogP contribution in [0.25, 0.3) is 9.88 Å². The van der Waals surface area contributed by atoms with Gasteiger partial charge in [-0.3, -0.25) is 4.79 Å². The minimum Gasteiger partial charge on any atom is -0.349 e. The van der Waals surface area contributed by atoms with Crippen LogP contribution in [0.3, 0.4) is 0 Å². The van der Waals surface area contributed by atoms with Gasteiger partial charge in [0, 0.05) is 5.38 Å². The molecule has 1 N–H and O–H groups in total. The summed E-state index contributed by atoms with van der Waals surface area (Å²) < 4.78 is 0. The third kappa shape index (κ3) is 3.86. The van der Waals surface area contributed by atoms with Crippen LogP contribution in [0.5, 0.6) is 0 Å².